The van der Waals surface area contributed by atoms with Crippen LogP contribution < -0.4 is 10.6 Å². The van der Waals surface area contributed by atoms with E-state index in [1.165, 1.54) is 6.07 Å². The third-order valence-electron chi connectivity index (χ3n) is 3.28. The largest absolute Gasteiger partial charge is 0.369 e. The predicted octanol–water partition coefficient (Wildman–Crippen LogP) is 1.31. The minimum atomic E-state index is -0.504. The number of halogens is 1. The monoisotopic (exact) mass is 237 g/mol. The maximum absolute atomic E-state index is 13.1. The molecular weight excluding hydrogens is 221 g/mol. The fourth-order valence-corrected chi connectivity index (χ4v) is 2.22. The Morgan fingerprint density at radius 2 is 2.29 bits per heavy atom. The lowest BCUT2D eigenvalue weighted by atomic mass is 9.93. The van der Waals surface area contributed by atoms with Crippen LogP contribution in [0.5, 0.6) is 0 Å². The van der Waals surface area contributed by atoms with Crippen LogP contribution in [0.1, 0.15) is 19.8 Å². The number of anilines is 1. The summed E-state index contributed by atoms with van der Waals surface area (Å²) in [6, 6.07) is 4.94. The molecule has 2 atom stereocenters. The fraction of sp³-hybridized carbons (Fsp3) is 0.500. The van der Waals surface area contributed by atoms with Gasteiger partial charge in [-0.25, -0.2) is 4.98 Å². The summed E-state index contributed by atoms with van der Waals surface area (Å²) in [5.74, 6) is -0.395. The second-order valence-corrected chi connectivity index (χ2v) is 4.50. The van der Waals surface area contributed by atoms with Crippen LogP contribution in [0.2, 0.25) is 0 Å². The van der Waals surface area contributed by atoms with Crippen molar-refractivity contribution in [3.8, 4) is 0 Å². The van der Waals surface area contributed by atoms with Gasteiger partial charge in [0, 0.05) is 12.6 Å². The van der Waals surface area contributed by atoms with Gasteiger partial charge in [-0.15, -0.1) is 0 Å². The lowest BCUT2D eigenvalue weighted by Crippen LogP contribution is -2.46. The van der Waals surface area contributed by atoms with E-state index < -0.39 is 5.95 Å². The molecule has 5 heteroatoms. The molecule has 92 valence electrons. The van der Waals surface area contributed by atoms with Gasteiger partial charge < -0.3 is 10.6 Å². The van der Waals surface area contributed by atoms with Gasteiger partial charge in [-0.1, -0.05) is 6.07 Å². The number of primary amides is 1. The van der Waals surface area contributed by atoms with Crippen molar-refractivity contribution in [2.24, 2.45) is 11.7 Å². The highest BCUT2D eigenvalue weighted by atomic mass is 19.1. The van der Waals surface area contributed by atoms with Crippen molar-refractivity contribution in [1.82, 2.24) is 4.98 Å². The second-order valence-electron chi connectivity index (χ2n) is 4.50. The standard InChI is InChI=1S/C12H16FN3O/c1-8-5-6-9(12(14)17)7-16(8)11-4-2-3-10(13)15-11/h2-4,8-9H,5-7H2,1H3,(H2,14,17). The summed E-state index contributed by atoms with van der Waals surface area (Å²) in [4.78, 5) is 17.0. The number of carbonyl (C=O) groups is 1. The number of pyridine rings is 1. The first-order valence-electron chi connectivity index (χ1n) is 5.76. The van der Waals surface area contributed by atoms with Gasteiger partial charge in [0.15, 0.2) is 0 Å². The van der Waals surface area contributed by atoms with E-state index in [0.29, 0.717) is 12.4 Å². The minimum Gasteiger partial charge on any atom is -0.369 e. The number of hydrogen-bond acceptors (Lipinski definition) is 3. The molecule has 0 radical (unpaired) electrons. The van der Waals surface area contributed by atoms with Gasteiger partial charge >= 0.3 is 0 Å². The predicted molar refractivity (Wildman–Crippen MR) is 62.9 cm³/mol. The summed E-state index contributed by atoms with van der Waals surface area (Å²) in [6.07, 6.45) is 1.66. The van der Waals surface area contributed by atoms with E-state index in [-0.39, 0.29) is 17.9 Å². The molecule has 2 unspecified atom stereocenters. The molecule has 0 spiro atoms. The van der Waals surface area contributed by atoms with Gasteiger partial charge in [0.1, 0.15) is 5.82 Å². The number of aromatic nitrogens is 1. The topological polar surface area (TPSA) is 59.2 Å². The van der Waals surface area contributed by atoms with E-state index in [9.17, 15) is 9.18 Å². The van der Waals surface area contributed by atoms with Crippen LogP contribution in [0.4, 0.5) is 10.2 Å². The highest BCUT2D eigenvalue weighted by Crippen LogP contribution is 2.26. The van der Waals surface area contributed by atoms with Crippen LogP contribution in [0.3, 0.4) is 0 Å². The SMILES string of the molecule is CC1CCC(C(N)=O)CN1c1cccc(F)n1. The maximum atomic E-state index is 13.1. The molecule has 17 heavy (non-hydrogen) atoms. The Balaban J connectivity index is 2.20. The van der Waals surface area contributed by atoms with Gasteiger partial charge in [0.2, 0.25) is 11.9 Å². The molecule has 0 aliphatic carbocycles. The number of carbonyl (C=O) groups excluding carboxylic acids is 1. The molecule has 1 amide bonds. The van der Waals surface area contributed by atoms with Crippen molar-refractivity contribution in [1.29, 1.82) is 0 Å². The van der Waals surface area contributed by atoms with Gasteiger partial charge in [-0.3, -0.25) is 4.79 Å². The van der Waals surface area contributed by atoms with E-state index in [2.05, 4.69) is 4.98 Å². The molecule has 1 fully saturated rings. The van der Waals surface area contributed by atoms with Gasteiger partial charge in [0.05, 0.1) is 5.92 Å². The fourth-order valence-electron chi connectivity index (χ4n) is 2.22. The van der Waals surface area contributed by atoms with Gasteiger partial charge in [0.25, 0.3) is 0 Å². The highest BCUT2D eigenvalue weighted by Gasteiger charge is 2.29. The van der Waals surface area contributed by atoms with E-state index in [0.717, 1.165) is 12.8 Å². The zero-order chi connectivity index (χ0) is 12.4. The molecule has 1 saturated heterocycles. The molecule has 1 aliphatic rings. The molecule has 4 nitrogen and oxygen atoms in total. The zero-order valence-corrected chi connectivity index (χ0v) is 9.77. The first-order chi connectivity index (χ1) is 8.08. The molecule has 1 aliphatic heterocycles. The lowest BCUT2D eigenvalue weighted by molar-refractivity contribution is -0.122. The van der Waals surface area contributed by atoms with Crippen LogP contribution in [0, 0.1) is 11.9 Å². The number of nitrogens with zero attached hydrogens (tertiary/aromatic N) is 2. The van der Waals surface area contributed by atoms with Crippen LogP contribution in [0.25, 0.3) is 0 Å². The molecular formula is C12H16FN3O. The Morgan fingerprint density at radius 3 is 2.94 bits per heavy atom. The smallest absolute Gasteiger partial charge is 0.222 e. The second kappa shape index (κ2) is 4.69. The number of piperidine rings is 1. The van der Waals surface area contributed by atoms with Gasteiger partial charge in [-0.05, 0) is 31.9 Å². The first kappa shape index (κ1) is 11.8. The third kappa shape index (κ3) is 2.54. The Bertz CT molecular complexity index is 424. The number of rotatable bonds is 2. The van der Waals surface area contributed by atoms with Crippen LogP contribution >= 0.6 is 0 Å². The molecule has 0 bridgehead atoms. The summed E-state index contributed by atoms with van der Waals surface area (Å²) in [5, 5.41) is 0. The summed E-state index contributed by atoms with van der Waals surface area (Å²) in [5.41, 5.74) is 5.32. The summed E-state index contributed by atoms with van der Waals surface area (Å²) >= 11 is 0. The van der Waals surface area contributed by atoms with E-state index in [1.54, 1.807) is 12.1 Å². The summed E-state index contributed by atoms with van der Waals surface area (Å²) < 4.78 is 13.1. The van der Waals surface area contributed by atoms with Crippen molar-refractivity contribution in [2.75, 3.05) is 11.4 Å². The molecule has 2 rings (SSSR count). The Morgan fingerprint density at radius 1 is 1.53 bits per heavy atom. The minimum absolute atomic E-state index is 0.170. The zero-order valence-electron chi connectivity index (χ0n) is 9.77. The Kier molecular flexibility index (Phi) is 3.26. The molecule has 2 heterocycles. The molecule has 1 aromatic rings. The maximum Gasteiger partial charge on any atom is 0.222 e. The van der Waals surface area contributed by atoms with E-state index >= 15 is 0 Å². The van der Waals surface area contributed by atoms with Crippen LogP contribution in [-0.2, 0) is 4.79 Å². The van der Waals surface area contributed by atoms with Crippen molar-refractivity contribution in [3.63, 3.8) is 0 Å². The van der Waals surface area contributed by atoms with Crippen molar-refractivity contribution < 1.29 is 9.18 Å². The lowest BCUT2D eigenvalue weighted by Gasteiger charge is -2.37. The van der Waals surface area contributed by atoms with Crippen LogP contribution in [-0.4, -0.2) is 23.5 Å². The molecule has 0 aromatic carbocycles. The average Bonchev–Trinajstić information content (AvgIpc) is 2.29. The Hall–Kier alpha value is -1.65. The van der Waals surface area contributed by atoms with E-state index in [4.69, 9.17) is 5.73 Å². The summed E-state index contributed by atoms with van der Waals surface area (Å²) in [7, 11) is 0. The van der Waals surface area contributed by atoms with Crippen molar-refractivity contribution in [2.45, 2.75) is 25.8 Å². The Labute approximate surface area is 99.6 Å². The van der Waals surface area contributed by atoms with Crippen LogP contribution in [0.15, 0.2) is 18.2 Å². The molecule has 0 saturated carbocycles. The number of amides is 1. The van der Waals surface area contributed by atoms with Crippen molar-refractivity contribution in [3.05, 3.63) is 24.1 Å². The average molecular weight is 237 g/mol. The molecule has 2 N–H and O–H groups in total. The summed E-state index contributed by atoms with van der Waals surface area (Å²) in [6.45, 7) is 2.57. The number of nitrogens with two attached hydrogens (primary N) is 1. The number of hydrogen-bond donors (Lipinski definition) is 1. The normalized spacial score (nSPS) is 24.7. The molecule has 1 aromatic heterocycles. The van der Waals surface area contributed by atoms with E-state index in [1.807, 2.05) is 11.8 Å². The quantitative estimate of drug-likeness (QED) is 0.789. The highest BCUT2D eigenvalue weighted by molar-refractivity contribution is 5.77. The van der Waals surface area contributed by atoms with Gasteiger partial charge in [-0.2, -0.15) is 4.39 Å². The third-order valence-corrected chi connectivity index (χ3v) is 3.28. The first-order valence-corrected chi connectivity index (χ1v) is 5.76. The van der Waals surface area contributed by atoms with Crippen molar-refractivity contribution >= 4 is 11.7 Å².